The smallest absolute Gasteiger partial charge is 0.147 e. The molecule has 5 saturated carbocycles. The largest absolute Gasteiger partial charge is 0.378 e. The molecule has 0 saturated heterocycles. The van der Waals surface area contributed by atoms with Crippen LogP contribution in [0.4, 0.5) is 0 Å². The second-order valence-corrected chi connectivity index (χ2v) is 11.6. The van der Waals surface area contributed by atoms with Crippen molar-refractivity contribution in [3.05, 3.63) is 0 Å². The zero-order valence-electron chi connectivity index (χ0n) is 17.3. The van der Waals surface area contributed by atoms with Gasteiger partial charge in [0.25, 0.3) is 0 Å². The van der Waals surface area contributed by atoms with Crippen LogP contribution in [0.15, 0.2) is 0 Å². The molecule has 5 aliphatic carbocycles. The van der Waals surface area contributed by atoms with Crippen molar-refractivity contribution in [3.8, 4) is 11.8 Å². The summed E-state index contributed by atoms with van der Waals surface area (Å²) in [4.78, 5) is 12.6. The summed E-state index contributed by atoms with van der Waals surface area (Å²) in [7, 11) is 0. The third kappa shape index (κ3) is 3.22. The van der Waals surface area contributed by atoms with Gasteiger partial charge in [0.15, 0.2) is 0 Å². The number of hydrogen-bond acceptors (Lipinski definition) is 2. The van der Waals surface area contributed by atoms with E-state index in [0.717, 1.165) is 49.4 Å². The number of carbonyl (C=O) groups excluding carboxylic acids is 1. The summed E-state index contributed by atoms with van der Waals surface area (Å²) in [5, 5.41) is 11.6. The lowest BCUT2D eigenvalue weighted by atomic mass is 9.49. The second kappa shape index (κ2) is 7.12. The van der Waals surface area contributed by atoms with Crippen molar-refractivity contribution in [3.63, 3.8) is 0 Å². The molecule has 5 aliphatic rings. The first-order chi connectivity index (χ1) is 13.4. The van der Waals surface area contributed by atoms with Crippen LogP contribution in [0.25, 0.3) is 0 Å². The van der Waals surface area contributed by atoms with Crippen molar-refractivity contribution in [2.75, 3.05) is 5.33 Å². The molecule has 8 atom stereocenters. The molecular weight excluding hydrogens is 412 g/mol. The summed E-state index contributed by atoms with van der Waals surface area (Å²) in [5.74, 6) is 11.8. The second-order valence-electron chi connectivity index (χ2n) is 11.0. The SMILES string of the molecule is C[C@]12CC[C@@H]3C4CC[C@@](O)(C#CC5CC5)C[C@H]4CC[C@H]3[C@@H]1CC[C@@H]2C(=O)CBr. The number of Topliss-reactive ketones (excluding diaryl/α,β-unsaturated/α-hetero) is 1. The van der Waals surface area contributed by atoms with Crippen LogP contribution >= 0.6 is 15.9 Å². The highest BCUT2D eigenvalue weighted by molar-refractivity contribution is 9.09. The number of fused-ring (bicyclic) bond motifs is 5. The van der Waals surface area contributed by atoms with E-state index in [9.17, 15) is 9.90 Å². The fraction of sp³-hybridized carbons (Fsp3) is 0.880. The summed E-state index contributed by atoms with van der Waals surface area (Å²) in [6, 6.07) is 0. The van der Waals surface area contributed by atoms with Gasteiger partial charge in [-0.05, 0) is 106 Å². The topological polar surface area (TPSA) is 37.3 Å². The van der Waals surface area contributed by atoms with Crippen LogP contribution in [0.1, 0.15) is 77.6 Å². The van der Waals surface area contributed by atoms with Gasteiger partial charge in [-0.2, -0.15) is 0 Å². The fourth-order valence-corrected chi connectivity index (χ4v) is 8.47. The maximum Gasteiger partial charge on any atom is 0.147 e. The third-order valence-corrected chi connectivity index (χ3v) is 10.2. The van der Waals surface area contributed by atoms with Crippen molar-refractivity contribution in [2.24, 2.45) is 46.8 Å². The molecule has 154 valence electrons. The molecule has 0 heterocycles. The standard InChI is InChI=1S/C25H35BrO2/c1-24-11-9-19-18-10-13-25(28,12-8-16-2-3-16)14-17(18)4-5-20(19)21(24)6-7-22(24)23(27)15-26/h16-22,28H,2-7,9-11,13-15H2,1H3/t17-,18?,19-,20-,21+,22-,24+,25+/m1/s1. The van der Waals surface area contributed by atoms with E-state index in [1.54, 1.807) is 0 Å². The Morgan fingerprint density at radius 1 is 1.00 bits per heavy atom. The zero-order valence-corrected chi connectivity index (χ0v) is 18.8. The highest BCUT2D eigenvalue weighted by atomic mass is 79.9. The number of rotatable bonds is 2. The van der Waals surface area contributed by atoms with Gasteiger partial charge in [-0.3, -0.25) is 4.79 Å². The number of aliphatic hydroxyl groups is 1. The molecule has 2 nitrogen and oxygen atoms in total. The molecular formula is C25H35BrO2. The first-order valence-electron chi connectivity index (χ1n) is 11.8. The van der Waals surface area contributed by atoms with Gasteiger partial charge in [-0.1, -0.05) is 34.7 Å². The quantitative estimate of drug-likeness (QED) is 0.457. The van der Waals surface area contributed by atoms with Gasteiger partial charge >= 0.3 is 0 Å². The molecule has 0 aromatic carbocycles. The molecule has 1 N–H and O–H groups in total. The van der Waals surface area contributed by atoms with Gasteiger partial charge < -0.3 is 5.11 Å². The van der Waals surface area contributed by atoms with Crippen molar-refractivity contribution in [2.45, 2.75) is 83.2 Å². The molecule has 0 radical (unpaired) electrons. The van der Waals surface area contributed by atoms with E-state index in [1.165, 1.54) is 44.9 Å². The summed E-state index contributed by atoms with van der Waals surface area (Å²) in [6.07, 6.45) is 12.9. The lowest BCUT2D eigenvalue weighted by Gasteiger charge is -2.56. The lowest BCUT2D eigenvalue weighted by molar-refractivity contribution is -0.129. The Kier molecular flexibility index (Phi) is 4.99. The molecule has 28 heavy (non-hydrogen) atoms. The van der Waals surface area contributed by atoms with Crippen LogP contribution in [0, 0.1) is 58.7 Å². The molecule has 5 rings (SSSR count). The molecule has 0 aliphatic heterocycles. The molecule has 0 bridgehead atoms. The van der Waals surface area contributed by atoms with Crippen molar-refractivity contribution >= 4 is 21.7 Å². The van der Waals surface area contributed by atoms with Crippen LogP contribution in [-0.4, -0.2) is 21.8 Å². The van der Waals surface area contributed by atoms with E-state index >= 15 is 0 Å². The Morgan fingerprint density at radius 3 is 2.54 bits per heavy atom. The minimum atomic E-state index is -0.708. The van der Waals surface area contributed by atoms with Crippen molar-refractivity contribution in [1.29, 1.82) is 0 Å². The van der Waals surface area contributed by atoms with E-state index in [4.69, 9.17) is 0 Å². The Bertz CT molecular complexity index is 703. The number of alkyl halides is 1. The first kappa shape index (κ1) is 19.6. The highest BCUT2D eigenvalue weighted by Crippen LogP contribution is 2.64. The fourth-order valence-electron chi connectivity index (χ4n) is 8.08. The third-order valence-electron chi connectivity index (χ3n) is 9.62. The number of ketones is 1. The van der Waals surface area contributed by atoms with Crippen LogP contribution in [0.3, 0.4) is 0 Å². The van der Waals surface area contributed by atoms with E-state index < -0.39 is 5.60 Å². The van der Waals surface area contributed by atoms with E-state index in [1.807, 2.05) is 0 Å². The summed E-state index contributed by atoms with van der Waals surface area (Å²) >= 11 is 3.43. The Hall–Kier alpha value is -0.330. The van der Waals surface area contributed by atoms with Gasteiger partial charge in [0.1, 0.15) is 11.4 Å². The predicted octanol–water partition coefficient (Wildman–Crippen LogP) is 5.36. The molecule has 1 unspecified atom stereocenters. The molecule has 5 fully saturated rings. The minimum Gasteiger partial charge on any atom is -0.378 e. The van der Waals surface area contributed by atoms with Crippen molar-refractivity contribution < 1.29 is 9.90 Å². The average Bonchev–Trinajstić information content (AvgIpc) is 3.45. The summed E-state index contributed by atoms with van der Waals surface area (Å²) in [5.41, 5.74) is -0.468. The van der Waals surface area contributed by atoms with E-state index in [0.29, 0.717) is 22.9 Å². The normalized spacial score (nSPS) is 50.0. The molecule has 3 heteroatoms. The molecule has 0 amide bonds. The lowest BCUT2D eigenvalue weighted by Crippen LogP contribution is -2.51. The van der Waals surface area contributed by atoms with Crippen LogP contribution in [0.2, 0.25) is 0 Å². The van der Waals surface area contributed by atoms with Crippen LogP contribution < -0.4 is 0 Å². The predicted molar refractivity (Wildman–Crippen MR) is 115 cm³/mol. The van der Waals surface area contributed by atoms with E-state index in [2.05, 4.69) is 34.7 Å². The Labute approximate surface area is 178 Å². The molecule has 0 spiro atoms. The van der Waals surface area contributed by atoms with Gasteiger partial charge in [-0.25, -0.2) is 0 Å². The minimum absolute atomic E-state index is 0.240. The number of halogens is 1. The van der Waals surface area contributed by atoms with Crippen molar-refractivity contribution in [1.82, 2.24) is 0 Å². The number of hydrogen-bond donors (Lipinski definition) is 1. The van der Waals surface area contributed by atoms with Gasteiger partial charge in [-0.15, -0.1) is 0 Å². The van der Waals surface area contributed by atoms with E-state index in [-0.39, 0.29) is 11.3 Å². The summed E-state index contributed by atoms with van der Waals surface area (Å²) in [6.45, 7) is 2.44. The maximum absolute atomic E-state index is 12.6. The Morgan fingerprint density at radius 2 is 1.79 bits per heavy atom. The highest BCUT2D eigenvalue weighted by Gasteiger charge is 2.58. The first-order valence-corrected chi connectivity index (χ1v) is 12.9. The van der Waals surface area contributed by atoms with Gasteiger partial charge in [0.2, 0.25) is 0 Å². The molecule has 0 aromatic heterocycles. The monoisotopic (exact) mass is 446 g/mol. The van der Waals surface area contributed by atoms with Crippen LogP contribution in [-0.2, 0) is 4.79 Å². The zero-order chi connectivity index (χ0) is 19.5. The Balaban J connectivity index is 1.31. The van der Waals surface area contributed by atoms with Crippen LogP contribution in [0.5, 0.6) is 0 Å². The van der Waals surface area contributed by atoms with Gasteiger partial charge in [0.05, 0.1) is 5.33 Å². The average molecular weight is 447 g/mol. The molecule has 0 aromatic rings. The van der Waals surface area contributed by atoms with Gasteiger partial charge in [0, 0.05) is 11.8 Å². The number of carbonyl (C=O) groups is 1. The maximum atomic E-state index is 12.6. The summed E-state index contributed by atoms with van der Waals surface area (Å²) < 4.78 is 0.